The number of ether oxygens (including phenoxy) is 1. The summed E-state index contributed by atoms with van der Waals surface area (Å²) in [5.41, 5.74) is 1.67. The smallest absolute Gasteiger partial charge is 0.271 e. The number of carbonyl (C=O) groups is 1. The van der Waals surface area contributed by atoms with Crippen LogP contribution >= 0.6 is 0 Å². The number of hydrogen-bond acceptors (Lipinski definition) is 6. The van der Waals surface area contributed by atoms with Gasteiger partial charge in [0.15, 0.2) is 0 Å². The standard InChI is InChI=1S/C22H29N3O6S/c1-6-16-8-10-17(11-9-16)15(3)23-22(26)19(7-2)24(32(5,29)30)20-14-18(25(27)28)12-13-21(20)31-4/h8-15,19H,6-7H2,1-5H3,(H,23,26)/t15-,19-/m1/s1. The van der Waals surface area contributed by atoms with Crippen molar-refractivity contribution in [3.63, 3.8) is 0 Å². The molecule has 32 heavy (non-hydrogen) atoms. The Morgan fingerprint density at radius 2 is 1.81 bits per heavy atom. The Kier molecular flexibility index (Phi) is 8.20. The van der Waals surface area contributed by atoms with Crippen LogP contribution in [0.4, 0.5) is 11.4 Å². The van der Waals surface area contributed by atoms with E-state index < -0.39 is 26.9 Å². The van der Waals surface area contributed by atoms with Crippen LogP contribution in [0.5, 0.6) is 5.75 Å². The Labute approximate surface area is 188 Å². The Morgan fingerprint density at radius 3 is 2.28 bits per heavy atom. The van der Waals surface area contributed by atoms with Crippen LogP contribution in [0.15, 0.2) is 42.5 Å². The van der Waals surface area contributed by atoms with Crippen molar-refractivity contribution < 1.29 is 22.9 Å². The van der Waals surface area contributed by atoms with Gasteiger partial charge in [-0.1, -0.05) is 38.1 Å². The molecule has 2 aromatic rings. The van der Waals surface area contributed by atoms with Gasteiger partial charge in [-0.3, -0.25) is 19.2 Å². The van der Waals surface area contributed by atoms with Gasteiger partial charge in [-0.2, -0.15) is 0 Å². The van der Waals surface area contributed by atoms with Gasteiger partial charge in [0.25, 0.3) is 5.69 Å². The minimum absolute atomic E-state index is 0.0637. The van der Waals surface area contributed by atoms with Gasteiger partial charge in [0.05, 0.1) is 24.3 Å². The molecule has 0 aliphatic carbocycles. The lowest BCUT2D eigenvalue weighted by Gasteiger charge is -2.31. The summed E-state index contributed by atoms with van der Waals surface area (Å²) in [6, 6.07) is 9.93. The molecule has 0 saturated carbocycles. The molecule has 0 spiro atoms. The number of non-ortho nitro benzene ring substituents is 1. The summed E-state index contributed by atoms with van der Waals surface area (Å²) in [4.78, 5) is 23.8. The summed E-state index contributed by atoms with van der Waals surface area (Å²) in [6.45, 7) is 5.53. The topological polar surface area (TPSA) is 119 Å². The summed E-state index contributed by atoms with van der Waals surface area (Å²) in [6.07, 6.45) is 1.99. The lowest BCUT2D eigenvalue weighted by atomic mass is 10.0. The SMILES string of the molecule is CCc1ccc([C@@H](C)NC(=O)[C@@H](CC)N(c2cc([N+](=O)[O-])ccc2OC)S(C)(=O)=O)cc1. The molecule has 0 aromatic heterocycles. The number of nitrogens with zero attached hydrogens (tertiary/aromatic N) is 2. The van der Waals surface area contributed by atoms with E-state index in [4.69, 9.17) is 4.74 Å². The first-order valence-corrected chi connectivity index (χ1v) is 12.1. The summed E-state index contributed by atoms with van der Waals surface area (Å²) in [5.74, 6) is -0.408. The van der Waals surface area contributed by atoms with E-state index in [0.717, 1.165) is 28.6 Å². The maximum Gasteiger partial charge on any atom is 0.271 e. The number of rotatable bonds is 10. The van der Waals surface area contributed by atoms with E-state index in [-0.39, 0.29) is 29.6 Å². The van der Waals surface area contributed by atoms with Gasteiger partial charge < -0.3 is 10.1 Å². The van der Waals surface area contributed by atoms with Crippen molar-refractivity contribution in [2.75, 3.05) is 17.7 Å². The fourth-order valence-corrected chi connectivity index (χ4v) is 4.64. The zero-order valence-electron chi connectivity index (χ0n) is 18.9. The Balaban J connectivity index is 2.44. The fraction of sp³-hybridized carbons (Fsp3) is 0.409. The zero-order valence-corrected chi connectivity index (χ0v) is 19.7. The van der Waals surface area contributed by atoms with Crippen molar-refractivity contribution >= 4 is 27.3 Å². The number of carbonyl (C=O) groups excluding carboxylic acids is 1. The molecule has 0 unspecified atom stereocenters. The molecule has 174 valence electrons. The molecule has 2 aromatic carbocycles. The number of anilines is 1. The number of benzene rings is 2. The zero-order chi connectivity index (χ0) is 24.1. The van der Waals surface area contributed by atoms with Crippen molar-refractivity contribution in [1.82, 2.24) is 5.32 Å². The average Bonchev–Trinajstić information content (AvgIpc) is 2.75. The predicted molar refractivity (Wildman–Crippen MR) is 123 cm³/mol. The van der Waals surface area contributed by atoms with Crippen LogP contribution in [0.2, 0.25) is 0 Å². The molecule has 0 fully saturated rings. The highest BCUT2D eigenvalue weighted by Crippen LogP contribution is 2.35. The molecule has 1 N–H and O–H groups in total. The van der Waals surface area contributed by atoms with Crippen molar-refractivity contribution in [1.29, 1.82) is 0 Å². The lowest BCUT2D eigenvalue weighted by molar-refractivity contribution is -0.384. The number of nitro benzene ring substituents is 1. The van der Waals surface area contributed by atoms with E-state index >= 15 is 0 Å². The molecular weight excluding hydrogens is 434 g/mol. The number of hydrogen-bond donors (Lipinski definition) is 1. The second kappa shape index (κ2) is 10.4. The minimum Gasteiger partial charge on any atom is -0.495 e. The summed E-state index contributed by atoms with van der Waals surface area (Å²) >= 11 is 0. The molecule has 2 rings (SSSR count). The third-order valence-electron chi connectivity index (χ3n) is 5.19. The van der Waals surface area contributed by atoms with Gasteiger partial charge >= 0.3 is 0 Å². The van der Waals surface area contributed by atoms with Crippen molar-refractivity contribution in [3.8, 4) is 5.75 Å². The number of amides is 1. The van der Waals surface area contributed by atoms with Gasteiger partial charge in [-0.05, 0) is 37.0 Å². The van der Waals surface area contributed by atoms with E-state index in [1.54, 1.807) is 6.92 Å². The number of aryl methyl sites for hydroxylation is 1. The number of nitro groups is 1. The highest BCUT2D eigenvalue weighted by Gasteiger charge is 2.35. The summed E-state index contributed by atoms with van der Waals surface area (Å²) < 4.78 is 31.6. The summed E-state index contributed by atoms with van der Waals surface area (Å²) in [5, 5.41) is 14.1. The van der Waals surface area contributed by atoms with Crippen LogP contribution in [-0.4, -0.2) is 38.7 Å². The molecule has 9 nitrogen and oxygen atoms in total. The number of methoxy groups -OCH3 is 1. The van der Waals surface area contributed by atoms with E-state index in [2.05, 4.69) is 5.32 Å². The van der Waals surface area contributed by atoms with Crippen LogP contribution in [0.1, 0.15) is 44.4 Å². The third kappa shape index (κ3) is 5.76. The molecule has 10 heteroatoms. The highest BCUT2D eigenvalue weighted by molar-refractivity contribution is 7.92. The third-order valence-corrected chi connectivity index (χ3v) is 6.35. The van der Waals surface area contributed by atoms with Crippen LogP contribution in [0.25, 0.3) is 0 Å². The average molecular weight is 464 g/mol. The predicted octanol–water partition coefficient (Wildman–Crippen LogP) is 3.59. The molecule has 0 aliphatic rings. The van der Waals surface area contributed by atoms with Crippen LogP contribution in [0.3, 0.4) is 0 Å². The molecule has 0 aliphatic heterocycles. The molecule has 0 bridgehead atoms. The Hall–Kier alpha value is -3.14. The quantitative estimate of drug-likeness (QED) is 0.425. The maximum absolute atomic E-state index is 13.2. The molecule has 2 atom stereocenters. The van der Waals surface area contributed by atoms with Gasteiger partial charge in [-0.25, -0.2) is 8.42 Å². The maximum atomic E-state index is 13.2. The largest absolute Gasteiger partial charge is 0.495 e. The molecule has 0 radical (unpaired) electrons. The normalized spacial score (nSPS) is 13.2. The van der Waals surface area contributed by atoms with Crippen LogP contribution in [-0.2, 0) is 21.2 Å². The van der Waals surface area contributed by atoms with Crippen molar-refractivity contribution in [2.45, 2.75) is 45.7 Å². The van der Waals surface area contributed by atoms with Gasteiger partial charge in [-0.15, -0.1) is 0 Å². The fourth-order valence-electron chi connectivity index (χ4n) is 3.43. The molecule has 1 amide bonds. The Bertz CT molecular complexity index is 1070. The summed E-state index contributed by atoms with van der Waals surface area (Å²) in [7, 11) is -2.66. The van der Waals surface area contributed by atoms with E-state index in [9.17, 15) is 23.3 Å². The Morgan fingerprint density at radius 1 is 1.19 bits per heavy atom. The van der Waals surface area contributed by atoms with E-state index in [1.165, 1.54) is 24.8 Å². The highest BCUT2D eigenvalue weighted by atomic mass is 32.2. The van der Waals surface area contributed by atoms with Gasteiger partial charge in [0, 0.05) is 12.1 Å². The van der Waals surface area contributed by atoms with Crippen LogP contribution in [0, 0.1) is 10.1 Å². The van der Waals surface area contributed by atoms with Gasteiger partial charge in [0.1, 0.15) is 17.5 Å². The van der Waals surface area contributed by atoms with Crippen molar-refractivity contribution in [2.24, 2.45) is 0 Å². The van der Waals surface area contributed by atoms with Gasteiger partial charge in [0.2, 0.25) is 15.9 Å². The van der Waals surface area contributed by atoms with E-state index in [1.807, 2.05) is 38.1 Å². The number of nitrogens with one attached hydrogen (secondary N) is 1. The van der Waals surface area contributed by atoms with E-state index in [0.29, 0.717) is 0 Å². The number of sulfonamides is 1. The lowest BCUT2D eigenvalue weighted by Crippen LogP contribution is -2.49. The van der Waals surface area contributed by atoms with Crippen LogP contribution < -0.4 is 14.4 Å². The van der Waals surface area contributed by atoms with Crippen molar-refractivity contribution in [3.05, 3.63) is 63.7 Å². The molecule has 0 saturated heterocycles. The second-order valence-corrected chi connectivity index (χ2v) is 9.28. The molecular formula is C22H29N3O6S. The monoisotopic (exact) mass is 463 g/mol. The minimum atomic E-state index is -3.99. The first kappa shape index (κ1) is 25.1. The second-order valence-electron chi connectivity index (χ2n) is 7.42. The first-order valence-electron chi connectivity index (χ1n) is 10.2. The molecule has 0 heterocycles. The first-order chi connectivity index (χ1) is 15.0.